The third-order valence-electron chi connectivity index (χ3n) is 1.75. The Morgan fingerprint density at radius 3 is 2.58 bits per heavy atom. The maximum absolute atomic E-state index is 12.0. The van der Waals surface area contributed by atoms with E-state index >= 15 is 0 Å². The number of alkyl halides is 2. The van der Waals surface area contributed by atoms with Gasteiger partial charge in [0.1, 0.15) is 0 Å². The smallest absolute Gasteiger partial charge is 0.387 e. The first-order chi connectivity index (χ1) is 7.99. The second kappa shape index (κ2) is 9.62. The predicted molar refractivity (Wildman–Crippen MR) is 74.9 cm³/mol. The zero-order valence-corrected chi connectivity index (χ0v) is 11.7. The van der Waals surface area contributed by atoms with Crippen LogP contribution in [0.2, 0.25) is 0 Å². The molecule has 0 fully saturated rings. The molecule has 0 aromatic carbocycles. The molecule has 4 N–H and O–H groups in total. The molecule has 108 valence electrons. The fourth-order valence-corrected chi connectivity index (χ4v) is 1.03. The standard InChI is InChI=1S/C11H13F2N3O.2ClH/c1-7(14)3-2-4-8-5-9(17-11(12)13)10(15)16-6-8;;/h5-7,11H,3,14H2,1H3,(H2,15,16);2*1H/t7-;;/m0../s1. The van der Waals surface area contributed by atoms with Crippen molar-refractivity contribution in [1.29, 1.82) is 0 Å². The summed E-state index contributed by atoms with van der Waals surface area (Å²) in [5.74, 6) is 5.28. The average molecular weight is 314 g/mol. The van der Waals surface area contributed by atoms with Crippen LogP contribution < -0.4 is 16.2 Å². The number of hydrogen-bond acceptors (Lipinski definition) is 4. The summed E-state index contributed by atoms with van der Waals surface area (Å²) in [6.45, 7) is -1.12. The highest BCUT2D eigenvalue weighted by atomic mass is 35.5. The number of pyridine rings is 1. The van der Waals surface area contributed by atoms with Gasteiger partial charge in [0.2, 0.25) is 0 Å². The summed E-state index contributed by atoms with van der Waals surface area (Å²) in [6, 6.07) is 1.28. The molecular weight excluding hydrogens is 299 g/mol. The number of nitrogens with zero attached hydrogens (tertiary/aromatic N) is 1. The van der Waals surface area contributed by atoms with Crippen molar-refractivity contribution in [2.75, 3.05) is 5.73 Å². The van der Waals surface area contributed by atoms with Crippen LogP contribution in [0.1, 0.15) is 18.9 Å². The van der Waals surface area contributed by atoms with E-state index in [1.165, 1.54) is 12.3 Å². The maximum atomic E-state index is 12.0. The molecule has 4 nitrogen and oxygen atoms in total. The first kappa shape index (κ1) is 20.0. The van der Waals surface area contributed by atoms with Gasteiger partial charge in [0.05, 0.1) is 0 Å². The van der Waals surface area contributed by atoms with E-state index in [1.807, 2.05) is 6.92 Å². The van der Waals surface area contributed by atoms with Crippen molar-refractivity contribution in [3.63, 3.8) is 0 Å². The zero-order valence-electron chi connectivity index (χ0n) is 10.1. The molecule has 0 spiro atoms. The normalized spacial score (nSPS) is 10.6. The lowest BCUT2D eigenvalue weighted by molar-refractivity contribution is -0.0495. The van der Waals surface area contributed by atoms with Crippen molar-refractivity contribution in [2.45, 2.75) is 26.0 Å². The SMILES string of the molecule is C[C@H](N)CC#Cc1cnc(N)c(OC(F)F)c1.Cl.Cl. The van der Waals surface area contributed by atoms with Crippen LogP contribution in [-0.4, -0.2) is 17.6 Å². The average Bonchev–Trinajstić information content (AvgIpc) is 2.21. The zero-order chi connectivity index (χ0) is 12.8. The molecule has 0 radical (unpaired) electrons. The highest BCUT2D eigenvalue weighted by Gasteiger charge is 2.09. The van der Waals surface area contributed by atoms with Gasteiger partial charge in [-0.2, -0.15) is 8.78 Å². The lowest BCUT2D eigenvalue weighted by atomic mass is 10.2. The van der Waals surface area contributed by atoms with Gasteiger partial charge < -0.3 is 16.2 Å². The summed E-state index contributed by atoms with van der Waals surface area (Å²) in [5, 5.41) is 0. The van der Waals surface area contributed by atoms with Crippen LogP contribution in [-0.2, 0) is 0 Å². The van der Waals surface area contributed by atoms with E-state index in [4.69, 9.17) is 11.5 Å². The Bertz CT molecular complexity index is 447. The fraction of sp³-hybridized carbons (Fsp3) is 0.364. The lowest BCUT2D eigenvalue weighted by Crippen LogP contribution is -2.12. The van der Waals surface area contributed by atoms with Gasteiger partial charge >= 0.3 is 6.61 Å². The summed E-state index contributed by atoms with van der Waals surface area (Å²) in [6.07, 6.45) is 1.90. The molecule has 1 rings (SSSR count). The minimum absolute atomic E-state index is 0. The molecule has 0 saturated carbocycles. The van der Waals surface area contributed by atoms with E-state index in [2.05, 4.69) is 21.6 Å². The molecule has 0 unspecified atom stereocenters. The van der Waals surface area contributed by atoms with Gasteiger partial charge in [0.15, 0.2) is 11.6 Å². The molecule has 8 heteroatoms. The third-order valence-corrected chi connectivity index (χ3v) is 1.75. The number of hydrogen-bond donors (Lipinski definition) is 2. The number of nitrogens with two attached hydrogens (primary N) is 2. The number of rotatable bonds is 3. The minimum atomic E-state index is -2.94. The number of halogens is 4. The molecule has 0 aliphatic rings. The molecular formula is C11H15Cl2F2N3O. The second-order valence-electron chi connectivity index (χ2n) is 3.47. The quantitative estimate of drug-likeness (QED) is 0.839. The first-order valence-electron chi connectivity index (χ1n) is 4.94. The molecule has 1 heterocycles. The van der Waals surface area contributed by atoms with E-state index in [9.17, 15) is 8.78 Å². The van der Waals surface area contributed by atoms with Crippen molar-refractivity contribution in [3.8, 4) is 17.6 Å². The number of ether oxygens (including phenoxy) is 1. The largest absolute Gasteiger partial charge is 0.431 e. The monoisotopic (exact) mass is 313 g/mol. The van der Waals surface area contributed by atoms with Crippen molar-refractivity contribution in [1.82, 2.24) is 4.98 Å². The van der Waals surface area contributed by atoms with Crippen LogP contribution in [0, 0.1) is 11.8 Å². The van der Waals surface area contributed by atoms with E-state index < -0.39 is 6.61 Å². The van der Waals surface area contributed by atoms with Crippen molar-refractivity contribution >= 4 is 30.6 Å². The summed E-state index contributed by atoms with van der Waals surface area (Å²) < 4.78 is 28.3. The van der Waals surface area contributed by atoms with Crippen LogP contribution in [0.15, 0.2) is 12.3 Å². The van der Waals surface area contributed by atoms with Gasteiger partial charge in [-0.05, 0) is 6.92 Å². The van der Waals surface area contributed by atoms with Gasteiger partial charge in [0, 0.05) is 30.3 Å². The number of nitrogen functional groups attached to an aromatic ring is 1. The Labute approximate surface area is 122 Å². The maximum Gasteiger partial charge on any atom is 0.387 e. The minimum Gasteiger partial charge on any atom is -0.431 e. The van der Waals surface area contributed by atoms with Gasteiger partial charge in [-0.1, -0.05) is 11.8 Å². The van der Waals surface area contributed by atoms with Gasteiger partial charge in [-0.15, -0.1) is 24.8 Å². The van der Waals surface area contributed by atoms with Gasteiger partial charge in [-0.3, -0.25) is 0 Å². The van der Waals surface area contributed by atoms with Crippen LogP contribution in [0.25, 0.3) is 0 Å². The molecule has 0 amide bonds. The van der Waals surface area contributed by atoms with Crippen LogP contribution in [0.5, 0.6) is 5.75 Å². The third kappa shape index (κ3) is 7.67. The predicted octanol–water partition coefficient (Wildman–Crippen LogP) is 2.20. The Hall–Kier alpha value is -1.29. The fourth-order valence-electron chi connectivity index (χ4n) is 1.03. The topological polar surface area (TPSA) is 74.2 Å². The summed E-state index contributed by atoms with van der Waals surface area (Å²) in [7, 11) is 0. The van der Waals surface area contributed by atoms with Crippen molar-refractivity contribution < 1.29 is 13.5 Å². The molecule has 0 aliphatic carbocycles. The van der Waals surface area contributed by atoms with Gasteiger partial charge in [0.25, 0.3) is 0 Å². The Kier molecular flexibility index (Phi) is 10.1. The van der Waals surface area contributed by atoms with Crippen LogP contribution >= 0.6 is 24.8 Å². The summed E-state index contributed by atoms with van der Waals surface area (Å²) in [5.41, 5.74) is 11.3. The lowest BCUT2D eigenvalue weighted by Gasteiger charge is -2.06. The van der Waals surface area contributed by atoms with Crippen LogP contribution in [0.3, 0.4) is 0 Å². The van der Waals surface area contributed by atoms with E-state index in [1.54, 1.807) is 0 Å². The molecule has 19 heavy (non-hydrogen) atoms. The Morgan fingerprint density at radius 1 is 1.42 bits per heavy atom. The molecule has 1 aromatic rings. The molecule has 1 aromatic heterocycles. The van der Waals surface area contributed by atoms with E-state index in [0.717, 1.165) is 0 Å². The molecule has 0 aliphatic heterocycles. The summed E-state index contributed by atoms with van der Waals surface area (Å²) >= 11 is 0. The molecule has 0 saturated heterocycles. The van der Waals surface area contributed by atoms with Gasteiger partial charge in [-0.25, -0.2) is 4.98 Å². The highest BCUT2D eigenvalue weighted by Crippen LogP contribution is 2.21. The summed E-state index contributed by atoms with van der Waals surface area (Å²) in [4.78, 5) is 3.72. The number of anilines is 1. The Morgan fingerprint density at radius 2 is 2.05 bits per heavy atom. The highest BCUT2D eigenvalue weighted by molar-refractivity contribution is 5.85. The van der Waals surface area contributed by atoms with Crippen molar-refractivity contribution in [2.24, 2.45) is 5.73 Å². The first-order valence-corrected chi connectivity index (χ1v) is 4.94. The van der Waals surface area contributed by atoms with Crippen LogP contribution in [0.4, 0.5) is 14.6 Å². The van der Waals surface area contributed by atoms with Crippen molar-refractivity contribution in [3.05, 3.63) is 17.8 Å². The second-order valence-corrected chi connectivity index (χ2v) is 3.47. The van der Waals surface area contributed by atoms with E-state index in [0.29, 0.717) is 12.0 Å². The molecule has 1 atom stereocenters. The number of aromatic nitrogens is 1. The molecule has 0 bridgehead atoms. The Balaban J connectivity index is 0. The van der Waals surface area contributed by atoms with E-state index in [-0.39, 0.29) is 42.4 Å².